The lowest BCUT2D eigenvalue weighted by Crippen LogP contribution is -2.39. The Balaban J connectivity index is 1.60. The standard InChI is InChI=1S/C30H28N4O6S/c1-6-39-29(36)26-18(3)31-30-33(27(26)19-7-9-20(10-8-19)32(4)5)28(35)25(41-30)16-22-12-14-24(40-22)23-13-11-21(34(37)38)15-17(23)2/h7-16,27H,6H2,1-5H3/b25-16+/t27-/m0/s1. The van der Waals surface area contributed by atoms with E-state index in [-0.39, 0.29) is 17.9 Å². The van der Waals surface area contributed by atoms with Crippen LogP contribution in [0.5, 0.6) is 0 Å². The maximum atomic E-state index is 13.8. The Bertz CT molecular complexity index is 1880. The van der Waals surface area contributed by atoms with Crippen LogP contribution in [-0.2, 0) is 9.53 Å². The fourth-order valence-corrected chi connectivity index (χ4v) is 5.83. The van der Waals surface area contributed by atoms with Crippen LogP contribution in [0, 0.1) is 17.0 Å². The number of benzene rings is 2. The van der Waals surface area contributed by atoms with E-state index in [4.69, 9.17) is 9.15 Å². The van der Waals surface area contributed by atoms with Gasteiger partial charge < -0.3 is 14.1 Å². The molecule has 41 heavy (non-hydrogen) atoms. The molecule has 0 amide bonds. The van der Waals surface area contributed by atoms with Crippen LogP contribution < -0.4 is 19.8 Å². The van der Waals surface area contributed by atoms with Crippen LogP contribution in [0.1, 0.15) is 36.8 Å². The molecule has 4 aromatic rings. The van der Waals surface area contributed by atoms with E-state index in [0.717, 1.165) is 11.3 Å². The lowest BCUT2D eigenvalue weighted by Gasteiger charge is -2.25. The second kappa shape index (κ2) is 11.0. The van der Waals surface area contributed by atoms with Crippen LogP contribution in [0.15, 0.2) is 80.1 Å². The van der Waals surface area contributed by atoms with Gasteiger partial charge in [0.1, 0.15) is 11.5 Å². The molecule has 0 radical (unpaired) electrons. The molecule has 0 saturated carbocycles. The minimum atomic E-state index is -0.710. The monoisotopic (exact) mass is 572 g/mol. The molecule has 10 nitrogen and oxygen atoms in total. The summed E-state index contributed by atoms with van der Waals surface area (Å²) in [4.78, 5) is 44.6. The van der Waals surface area contributed by atoms with Gasteiger partial charge in [0.25, 0.3) is 11.2 Å². The molecule has 0 spiro atoms. The van der Waals surface area contributed by atoms with Gasteiger partial charge in [-0.3, -0.25) is 19.5 Å². The third-order valence-electron chi connectivity index (χ3n) is 6.83. The van der Waals surface area contributed by atoms with Crippen molar-refractivity contribution in [3.8, 4) is 11.3 Å². The summed E-state index contributed by atoms with van der Waals surface area (Å²) >= 11 is 1.21. The van der Waals surface area contributed by atoms with E-state index in [1.54, 1.807) is 45.0 Å². The number of thiazole rings is 1. The number of nitrogens with zero attached hydrogens (tertiary/aromatic N) is 4. The normalized spacial score (nSPS) is 15.0. The molecule has 0 bridgehead atoms. The number of hydrogen-bond donors (Lipinski definition) is 0. The molecule has 3 heterocycles. The molecule has 0 N–H and O–H groups in total. The molecule has 0 saturated heterocycles. The van der Waals surface area contributed by atoms with Crippen molar-refractivity contribution < 1.29 is 18.9 Å². The first-order valence-corrected chi connectivity index (χ1v) is 13.7. The summed E-state index contributed by atoms with van der Waals surface area (Å²) in [6, 6.07) is 15.0. The predicted octanol–water partition coefficient (Wildman–Crippen LogP) is 4.34. The second-order valence-electron chi connectivity index (χ2n) is 9.75. The number of fused-ring (bicyclic) bond motifs is 1. The Labute approximate surface area is 239 Å². The molecule has 1 aliphatic heterocycles. The van der Waals surface area contributed by atoms with E-state index < -0.39 is 16.9 Å². The second-order valence-corrected chi connectivity index (χ2v) is 10.8. The fourth-order valence-electron chi connectivity index (χ4n) is 4.80. The van der Waals surface area contributed by atoms with Crippen molar-refractivity contribution in [2.24, 2.45) is 4.99 Å². The summed E-state index contributed by atoms with van der Waals surface area (Å²) in [5, 5.41) is 11.1. The van der Waals surface area contributed by atoms with Gasteiger partial charge in [-0.1, -0.05) is 23.5 Å². The predicted molar refractivity (Wildman–Crippen MR) is 157 cm³/mol. The lowest BCUT2D eigenvalue weighted by molar-refractivity contribution is -0.384. The fraction of sp³-hybridized carbons (Fsp3) is 0.233. The number of aryl methyl sites for hydroxylation is 1. The van der Waals surface area contributed by atoms with Crippen LogP contribution in [0.3, 0.4) is 0 Å². The van der Waals surface area contributed by atoms with Gasteiger partial charge in [-0.2, -0.15) is 0 Å². The van der Waals surface area contributed by atoms with Crippen molar-refractivity contribution in [3.63, 3.8) is 0 Å². The first-order chi connectivity index (χ1) is 19.6. The van der Waals surface area contributed by atoms with Gasteiger partial charge in [0, 0.05) is 43.6 Å². The first-order valence-electron chi connectivity index (χ1n) is 12.9. The summed E-state index contributed by atoms with van der Waals surface area (Å²) in [5.41, 5.74) is 3.65. The van der Waals surface area contributed by atoms with Crippen molar-refractivity contribution in [2.75, 3.05) is 25.6 Å². The van der Waals surface area contributed by atoms with Gasteiger partial charge in [-0.15, -0.1) is 0 Å². The number of anilines is 1. The molecule has 5 rings (SSSR count). The highest BCUT2D eigenvalue weighted by Crippen LogP contribution is 2.32. The maximum Gasteiger partial charge on any atom is 0.338 e. The average molecular weight is 573 g/mol. The summed E-state index contributed by atoms with van der Waals surface area (Å²) in [5.74, 6) is 0.450. The molecular weight excluding hydrogens is 544 g/mol. The van der Waals surface area contributed by atoms with Gasteiger partial charge in [0.05, 0.1) is 33.4 Å². The highest BCUT2D eigenvalue weighted by molar-refractivity contribution is 7.07. The minimum absolute atomic E-state index is 0.00234. The molecule has 1 atom stereocenters. The number of non-ortho nitro benzene ring substituents is 1. The number of aromatic nitrogens is 1. The van der Waals surface area contributed by atoms with Crippen LogP contribution in [0.4, 0.5) is 11.4 Å². The van der Waals surface area contributed by atoms with Crippen molar-refractivity contribution >= 4 is 34.8 Å². The molecule has 0 unspecified atom stereocenters. The van der Waals surface area contributed by atoms with Gasteiger partial charge in [-0.05, 0) is 62.2 Å². The Morgan fingerprint density at radius 2 is 1.90 bits per heavy atom. The summed E-state index contributed by atoms with van der Waals surface area (Å²) in [6.07, 6.45) is 1.64. The Morgan fingerprint density at radius 3 is 2.54 bits per heavy atom. The molecule has 0 fully saturated rings. The number of furan rings is 1. The number of nitro benzene ring substituents is 1. The third-order valence-corrected chi connectivity index (χ3v) is 7.81. The molecule has 2 aromatic heterocycles. The number of ether oxygens (including phenoxy) is 1. The number of rotatable bonds is 7. The SMILES string of the molecule is CCOC(=O)C1=C(C)N=c2s/c(=C/c3ccc(-c4ccc([N+](=O)[O-])cc4C)o3)c(=O)n2[C@H]1c1ccc(N(C)C)cc1. The summed E-state index contributed by atoms with van der Waals surface area (Å²) < 4.78 is 13.3. The van der Waals surface area contributed by atoms with Crippen molar-refractivity contribution in [3.05, 3.63) is 113 Å². The number of hydrogen-bond acceptors (Lipinski definition) is 9. The lowest BCUT2D eigenvalue weighted by atomic mass is 9.95. The van der Waals surface area contributed by atoms with Crippen molar-refractivity contribution in [1.29, 1.82) is 0 Å². The van der Waals surface area contributed by atoms with Gasteiger partial charge in [-0.25, -0.2) is 9.79 Å². The smallest absolute Gasteiger partial charge is 0.338 e. The van der Waals surface area contributed by atoms with E-state index in [2.05, 4.69) is 4.99 Å². The molecule has 2 aromatic carbocycles. The van der Waals surface area contributed by atoms with Gasteiger partial charge in [0.15, 0.2) is 4.80 Å². The molecule has 210 valence electrons. The Hall–Kier alpha value is -4.77. The third kappa shape index (κ3) is 5.23. The van der Waals surface area contributed by atoms with E-state index >= 15 is 0 Å². The summed E-state index contributed by atoms with van der Waals surface area (Å²) in [6.45, 7) is 5.45. The zero-order valence-corrected chi connectivity index (χ0v) is 24.0. The highest BCUT2D eigenvalue weighted by Gasteiger charge is 2.33. The number of esters is 1. The van der Waals surface area contributed by atoms with Crippen molar-refractivity contribution in [1.82, 2.24) is 4.57 Å². The zero-order chi connectivity index (χ0) is 29.4. The topological polar surface area (TPSA) is 120 Å². The van der Waals surface area contributed by atoms with Crippen molar-refractivity contribution in [2.45, 2.75) is 26.8 Å². The van der Waals surface area contributed by atoms with Crippen LogP contribution in [-0.4, -0.2) is 36.2 Å². The van der Waals surface area contributed by atoms with Crippen LogP contribution in [0.2, 0.25) is 0 Å². The number of nitro groups is 1. The summed E-state index contributed by atoms with van der Waals surface area (Å²) in [7, 11) is 3.88. The average Bonchev–Trinajstić information content (AvgIpc) is 3.52. The maximum absolute atomic E-state index is 13.8. The minimum Gasteiger partial charge on any atom is -0.463 e. The molecule has 11 heteroatoms. The van der Waals surface area contributed by atoms with Crippen LogP contribution >= 0.6 is 11.3 Å². The van der Waals surface area contributed by atoms with Gasteiger partial charge in [0.2, 0.25) is 0 Å². The quantitative estimate of drug-likeness (QED) is 0.184. The van der Waals surface area contributed by atoms with Crippen LogP contribution in [0.25, 0.3) is 17.4 Å². The molecular formula is C30H28N4O6S. The van der Waals surface area contributed by atoms with E-state index in [9.17, 15) is 19.7 Å². The van der Waals surface area contributed by atoms with Gasteiger partial charge >= 0.3 is 5.97 Å². The largest absolute Gasteiger partial charge is 0.463 e. The Kier molecular flexibility index (Phi) is 7.46. The number of carbonyl (C=O) groups excluding carboxylic acids is 1. The number of allylic oxidation sites excluding steroid dienone is 1. The first kappa shape index (κ1) is 27.8. The van der Waals surface area contributed by atoms with E-state index in [1.807, 2.05) is 43.3 Å². The van der Waals surface area contributed by atoms with E-state index in [0.29, 0.717) is 43.3 Å². The number of carbonyl (C=O) groups is 1. The molecule has 0 aliphatic carbocycles. The molecule has 1 aliphatic rings. The Morgan fingerprint density at radius 1 is 1.17 bits per heavy atom. The zero-order valence-electron chi connectivity index (χ0n) is 23.2. The highest BCUT2D eigenvalue weighted by atomic mass is 32.1. The van der Waals surface area contributed by atoms with E-state index in [1.165, 1.54) is 28.0 Å².